The van der Waals surface area contributed by atoms with Gasteiger partial charge in [-0.05, 0) is 39.0 Å². The van der Waals surface area contributed by atoms with Crippen LogP contribution in [-0.2, 0) is 6.54 Å². The van der Waals surface area contributed by atoms with Gasteiger partial charge >= 0.3 is 5.97 Å². The van der Waals surface area contributed by atoms with Crippen LogP contribution in [0.4, 0.5) is 0 Å². The Kier molecular flexibility index (Phi) is 4.38. The molecule has 1 saturated heterocycles. The molecular weight excluding hydrogens is 232 g/mol. The fraction of sp³-hybridized carbons (Fsp3) is 0.615. The molecule has 1 aromatic heterocycles. The normalized spacial score (nSPS) is 16.6. The minimum atomic E-state index is -0.997. The molecule has 18 heavy (non-hydrogen) atoms. The number of hydrogen-bond donors (Lipinski definition) is 1. The van der Waals surface area contributed by atoms with Crippen molar-refractivity contribution in [2.45, 2.75) is 19.4 Å². The number of carboxylic acids is 1. The van der Waals surface area contributed by atoms with E-state index >= 15 is 0 Å². The van der Waals surface area contributed by atoms with Gasteiger partial charge in [0.15, 0.2) is 0 Å². The van der Waals surface area contributed by atoms with E-state index in [4.69, 9.17) is 9.52 Å². The van der Waals surface area contributed by atoms with Crippen LogP contribution in [0.25, 0.3) is 0 Å². The first-order chi connectivity index (χ1) is 8.66. The summed E-state index contributed by atoms with van der Waals surface area (Å²) in [7, 11) is 2.01. The lowest BCUT2D eigenvalue weighted by atomic mass is 10.2. The van der Waals surface area contributed by atoms with E-state index in [0.29, 0.717) is 6.54 Å². The molecule has 2 rings (SSSR count). The minimum Gasteiger partial charge on any atom is -0.475 e. The van der Waals surface area contributed by atoms with Crippen molar-refractivity contribution in [2.24, 2.45) is 0 Å². The zero-order valence-corrected chi connectivity index (χ0v) is 10.8. The molecule has 0 bridgehead atoms. The van der Waals surface area contributed by atoms with E-state index in [-0.39, 0.29) is 5.76 Å². The Balaban J connectivity index is 1.80. The molecule has 0 aromatic carbocycles. The van der Waals surface area contributed by atoms with Gasteiger partial charge in [0.1, 0.15) is 0 Å². The summed E-state index contributed by atoms with van der Waals surface area (Å²) in [4.78, 5) is 15.5. The third-order valence-electron chi connectivity index (χ3n) is 3.38. The van der Waals surface area contributed by atoms with Gasteiger partial charge in [0, 0.05) is 25.2 Å². The maximum absolute atomic E-state index is 10.9. The standard InChI is InChI=1S/C13H20N2O3/c1-14(7-8-15-5-2-3-6-15)10-11-4-9-18-12(11)13(16)17/h4,9H,2-3,5-8,10H2,1H3,(H,16,17). The Labute approximate surface area is 107 Å². The van der Waals surface area contributed by atoms with E-state index < -0.39 is 5.97 Å². The van der Waals surface area contributed by atoms with Crippen molar-refractivity contribution in [3.8, 4) is 0 Å². The fourth-order valence-corrected chi connectivity index (χ4v) is 2.34. The second-order valence-corrected chi connectivity index (χ2v) is 4.87. The largest absolute Gasteiger partial charge is 0.475 e. The number of aromatic carboxylic acids is 1. The van der Waals surface area contributed by atoms with Crippen LogP contribution >= 0.6 is 0 Å². The van der Waals surface area contributed by atoms with Crippen molar-refractivity contribution >= 4 is 5.97 Å². The average molecular weight is 252 g/mol. The Morgan fingerprint density at radius 2 is 2.22 bits per heavy atom. The molecule has 1 N–H and O–H groups in total. The molecule has 0 radical (unpaired) electrons. The Hall–Kier alpha value is -1.33. The number of likely N-dealkylation sites (tertiary alicyclic amines) is 1. The first kappa shape index (κ1) is 13.1. The summed E-state index contributed by atoms with van der Waals surface area (Å²) in [5, 5.41) is 8.95. The molecular formula is C13H20N2O3. The number of carbonyl (C=O) groups is 1. The molecule has 0 spiro atoms. The van der Waals surface area contributed by atoms with E-state index in [1.807, 2.05) is 7.05 Å². The van der Waals surface area contributed by atoms with Crippen molar-refractivity contribution in [2.75, 3.05) is 33.2 Å². The van der Waals surface area contributed by atoms with Crippen molar-refractivity contribution in [3.63, 3.8) is 0 Å². The monoisotopic (exact) mass is 252 g/mol. The van der Waals surface area contributed by atoms with Crippen molar-refractivity contribution < 1.29 is 14.3 Å². The Morgan fingerprint density at radius 1 is 1.50 bits per heavy atom. The molecule has 5 heteroatoms. The summed E-state index contributed by atoms with van der Waals surface area (Å²) in [6.07, 6.45) is 4.04. The number of likely N-dealkylation sites (N-methyl/N-ethyl adjacent to an activating group) is 1. The molecule has 1 aromatic rings. The first-order valence-electron chi connectivity index (χ1n) is 6.37. The van der Waals surface area contributed by atoms with Crippen molar-refractivity contribution in [1.82, 2.24) is 9.80 Å². The van der Waals surface area contributed by atoms with Crippen molar-refractivity contribution in [1.29, 1.82) is 0 Å². The van der Waals surface area contributed by atoms with E-state index in [1.165, 1.54) is 32.2 Å². The zero-order chi connectivity index (χ0) is 13.0. The highest BCUT2D eigenvalue weighted by atomic mass is 16.4. The van der Waals surface area contributed by atoms with Crippen LogP contribution in [0, 0.1) is 0 Å². The number of nitrogens with zero attached hydrogens (tertiary/aromatic N) is 2. The van der Waals surface area contributed by atoms with E-state index in [9.17, 15) is 4.79 Å². The molecule has 0 atom stereocenters. The Morgan fingerprint density at radius 3 is 2.89 bits per heavy atom. The van der Waals surface area contributed by atoms with Crippen LogP contribution in [0.15, 0.2) is 16.7 Å². The van der Waals surface area contributed by atoms with Crippen LogP contribution in [0.5, 0.6) is 0 Å². The van der Waals surface area contributed by atoms with Gasteiger partial charge in [-0.2, -0.15) is 0 Å². The van der Waals surface area contributed by atoms with Gasteiger partial charge < -0.3 is 19.3 Å². The first-order valence-corrected chi connectivity index (χ1v) is 6.37. The molecule has 0 unspecified atom stereocenters. The summed E-state index contributed by atoms with van der Waals surface area (Å²) in [5.74, 6) is -0.939. The van der Waals surface area contributed by atoms with Crippen LogP contribution in [0.3, 0.4) is 0 Å². The third-order valence-corrected chi connectivity index (χ3v) is 3.38. The Bertz CT molecular complexity index is 397. The van der Waals surface area contributed by atoms with Crippen LogP contribution < -0.4 is 0 Å². The van der Waals surface area contributed by atoms with E-state index in [1.54, 1.807) is 6.07 Å². The lowest BCUT2D eigenvalue weighted by Gasteiger charge is -2.20. The summed E-state index contributed by atoms with van der Waals surface area (Å²) in [5.41, 5.74) is 0.742. The molecule has 2 heterocycles. The summed E-state index contributed by atoms with van der Waals surface area (Å²) in [6.45, 7) is 5.01. The van der Waals surface area contributed by atoms with Gasteiger partial charge in [0.25, 0.3) is 0 Å². The molecule has 5 nitrogen and oxygen atoms in total. The van der Waals surface area contributed by atoms with Gasteiger partial charge in [-0.15, -0.1) is 0 Å². The van der Waals surface area contributed by atoms with Crippen LogP contribution in [0.2, 0.25) is 0 Å². The highest BCUT2D eigenvalue weighted by molar-refractivity contribution is 5.86. The lowest BCUT2D eigenvalue weighted by Crippen LogP contribution is -2.31. The predicted octanol–water partition coefficient (Wildman–Crippen LogP) is 1.51. The van der Waals surface area contributed by atoms with Gasteiger partial charge in [-0.1, -0.05) is 0 Å². The highest BCUT2D eigenvalue weighted by Crippen LogP contribution is 2.13. The van der Waals surface area contributed by atoms with Gasteiger partial charge in [0.05, 0.1) is 6.26 Å². The fourth-order valence-electron chi connectivity index (χ4n) is 2.34. The average Bonchev–Trinajstić information content (AvgIpc) is 2.96. The maximum atomic E-state index is 10.9. The summed E-state index contributed by atoms with van der Waals surface area (Å²) in [6, 6.07) is 1.73. The molecule has 0 amide bonds. The number of furan rings is 1. The highest BCUT2D eigenvalue weighted by Gasteiger charge is 2.16. The maximum Gasteiger partial charge on any atom is 0.372 e. The summed E-state index contributed by atoms with van der Waals surface area (Å²) < 4.78 is 4.97. The smallest absolute Gasteiger partial charge is 0.372 e. The number of rotatable bonds is 6. The zero-order valence-electron chi connectivity index (χ0n) is 10.8. The quantitative estimate of drug-likeness (QED) is 0.831. The lowest BCUT2D eigenvalue weighted by molar-refractivity contribution is 0.0659. The predicted molar refractivity (Wildman–Crippen MR) is 67.7 cm³/mol. The molecule has 1 aliphatic heterocycles. The van der Waals surface area contributed by atoms with E-state index in [0.717, 1.165) is 18.7 Å². The molecule has 1 aliphatic rings. The summed E-state index contributed by atoms with van der Waals surface area (Å²) >= 11 is 0. The number of hydrogen-bond acceptors (Lipinski definition) is 4. The van der Waals surface area contributed by atoms with Gasteiger partial charge in [-0.3, -0.25) is 0 Å². The minimum absolute atomic E-state index is 0.0584. The topological polar surface area (TPSA) is 56.9 Å². The van der Waals surface area contributed by atoms with Gasteiger partial charge in [-0.25, -0.2) is 4.79 Å². The number of carboxylic acid groups (broad SMARTS) is 1. The molecule has 0 aliphatic carbocycles. The van der Waals surface area contributed by atoms with Crippen molar-refractivity contribution in [3.05, 3.63) is 23.7 Å². The molecule has 100 valence electrons. The van der Waals surface area contributed by atoms with Crippen LogP contribution in [0.1, 0.15) is 29.0 Å². The second-order valence-electron chi connectivity index (χ2n) is 4.87. The van der Waals surface area contributed by atoms with Gasteiger partial charge in [0.2, 0.25) is 5.76 Å². The van der Waals surface area contributed by atoms with Crippen LogP contribution in [-0.4, -0.2) is 54.1 Å². The molecule has 0 saturated carbocycles. The van der Waals surface area contributed by atoms with E-state index in [2.05, 4.69) is 9.80 Å². The SMILES string of the molecule is CN(CCN1CCCC1)Cc1ccoc1C(=O)O. The molecule has 1 fully saturated rings. The third kappa shape index (κ3) is 3.34. The second kappa shape index (κ2) is 6.02.